The number of hydrogen-bond acceptors (Lipinski definition) is 5. The molecule has 0 saturated carbocycles. The highest BCUT2D eigenvalue weighted by molar-refractivity contribution is 7.91. The Labute approximate surface area is 112 Å². The van der Waals surface area contributed by atoms with Crippen molar-refractivity contribution in [2.45, 2.75) is 19.4 Å². The molecule has 0 radical (unpaired) electrons. The van der Waals surface area contributed by atoms with Gasteiger partial charge in [-0.3, -0.25) is 9.78 Å². The highest BCUT2D eigenvalue weighted by Crippen LogP contribution is 2.10. The van der Waals surface area contributed by atoms with E-state index in [0.717, 1.165) is 5.69 Å². The molecule has 1 fully saturated rings. The standard InChI is InChI=1S/C12H17N3O3S/c1-9-6-10(2-3-13-9)15-12(16)7-11-8-19(17,18)5-4-14-11/h2-3,6,11,14H,4-5,7-8H2,1H3,(H,13,15,16). The third kappa shape index (κ3) is 4.29. The zero-order valence-electron chi connectivity index (χ0n) is 10.7. The first-order chi connectivity index (χ1) is 8.94. The van der Waals surface area contributed by atoms with E-state index in [-0.39, 0.29) is 29.9 Å². The molecule has 2 heterocycles. The van der Waals surface area contributed by atoms with Gasteiger partial charge < -0.3 is 10.6 Å². The van der Waals surface area contributed by atoms with E-state index in [1.165, 1.54) is 0 Å². The highest BCUT2D eigenvalue weighted by Gasteiger charge is 2.25. The van der Waals surface area contributed by atoms with Gasteiger partial charge in [-0.25, -0.2) is 8.42 Å². The maximum atomic E-state index is 11.8. The van der Waals surface area contributed by atoms with Gasteiger partial charge in [-0.2, -0.15) is 0 Å². The van der Waals surface area contributed by atoms with E-state index in [2.05, 4.69) is 15.6 Å². The van der Waals surface area contributed by atoms with Crippen molar-refractivity contribution >= 4 is 21.4 Å². The van der Waals surface area contributed by atoms with Crippen LogP contribution in [0.3, 0.4) is 0 Å². The zero-order valence-corrected chi connectivity index (χ0v) is 11.5. The molecule has 2 N–H and O–H groups in total. The van der Waals surface area contributed by atoms with Gasteiger partial charge in [0.05, 0.1) is 11.5 Å². The number of aryl methyl sites for hydroxylation is 1. The van der Waals surface area contributed by atoms with E-state index in [1.807, 2.05) is 6.92 Å². The fourth-order valence-corrected chi connectivity index (χ4v) is 3.50. The van der Waals surface area contributed by atoms with E-state index in [1.54, 1.807) is 18.3 Å². The summed E-state index contributed by atoms with van der Waals surface area (Å²) < 4.78 is 22.9. The first kappa shape index (κ1) is 14.0. The van der Waals surface area contributed by atoms with Crippen LogP contribution in [-0.4, -0.2) is 43.4 Å². The molecule has 1 atom stereocenters. The van der Waals surface area contributed by atoms with Crippen LogP contribution in [0.25, 0.3) is 0 Å². The second-order valence-electron chi connectivity index (χ2n) is 4.70. The molecule has 0 aliphatic carbocycles. The molecular formula is C12H17N3O3S. The van der Waals surface area contributed by atoms with E-state index in [9.17, 15) is 13.2 Å². The average molecular weight is 283 g/mol. The second-order valence-corrected chi connectivity index (χ2v) is 6.93. The van der Waals surface area contributed by atoms with Crippen molar-refractivity contribution in [2.24, 2.45) is 0 Å². The predicted molar refractivity (Wildman–Crippen MR) is 72.7 cm³/mol. The molecule has 1 aromatic rings. The molecule has 1 aliphatic heterocycles. The van der Waals surface area contributed by atoms with Crippen LogP contribution in [0.1, 0.15) is 12.1 Å². The summed E-state index contributed by atoms with van der Waals surface area (Å²) in [6.07, 6.45) is 1.77. The van der Waals surface area contributed by atoms with Gasteiger partial charge in [0, 0.05) is 36.6 Å². The Kier molecular flexibility index (Phi) is 4.16. The number of carbonyl (C=O) groups is 1. The zero-order chi connectivity index (χ0) is 13.9. The Morgan fingerprint density at radius 2 is 2.37 bits per heavy atom. The van der Waals surface area contributed by atoms with Crippen molar-refractivity contribution in [3.63, 3.8) is 0 Å². The van der Waals surface area contributed by atoms with Crippen molar-refractivity contribution in [1.29, 1.82) is 0 Å². The summed E-state index contributed by atoms with van der Waals surface area (Å²) >= 11 is 0. The van der Waals surface area contributed by atoms with Crippen molar-refractivity contribution in [1.82, 2.24) is 10.3 Å². The van der Waals surface area contributed by atoms with Crippen LogP contribution in [0.15, 0.2) is 18.3 Å². The molecule has 1 unspecified atom stereocenters. The number of carbonyl (C=O) groups excluding carboxylic acids is 1. The number of nitrogens with one attached hydrogen (secondary N) is 2. The predicted octanol–water partition coefficient (Wildman–Crippen LogP) is 0.105. The largest absolute Gasteiger partial charge is 0.326 e. The first-order valence-electron chi connectivity index (χ1n) is 6.11. The van der Waals surface area contributed by atoms with E-state index >= 15 is 0 Å². The van der Waals surface area contributed by atoms with Crippen molar-refractivity contribution in [3.05, 3.63) is 24.0 Å². The number of rotatable bonds is 3. The Balaban J connectivity index is 1.91. The number of anilines is 1. The smallest absolute Gasteiger partial charge is 0.225 e. The SMILES string of the molecule is Cc1cc(NC(=O)CC2CS(=O)(=O)CCN2)ccn1. The minimum atomic E-state index is -3.01. The van der Waals surface area contributed by atoms with Gasteiger partial charge in [0.25, 0.3) is 0 Å². The normalized spacial score (nSPS) is 21.8. The summed E-state index contributed by atoms with van der Waals surface area (Å²) in [5, 5.41) is 5.79. The Morgan fingerprint density at radius 3 is 3.05 bits per heavy atom. The van der Waals surface area contributed by atoms with Gasteiger partial charge in [0.1, 0.15) is 0 Å². The Hall–Kier alpha value is -1.47. The van der Waals surface area contributed by atoms with Crippen LogP contribution in [-0.2, 0) is 14.6 Å². The number of sulfone groups is 1. The topological polar surface area (TPSA) is 88.2 Å². The summed E-state index contributed by atoms with van der Waals surface area (Å²) in [5.74, 6) is -0.0232. The minimum Gasteiger partial charge on any atom is -0.326 e. The van der Waals surface area contributed by atoms with Gasteiger partial charge >= 0.3 is 0 Å². The number of pyridine rings is 1. The van der Waals surface area contributed by atoms with Gasteiger partial charge in [-0.1, -0.05) is 0 Å². The summed E-state index contributed by atoms with van der Waals surface area (Å²) in [4.78, 5) is 15.9. The molecule has 6 nitrogen and oxygen atoms in total. The van der Waals surface area contributed by atoms with E-state index < -0.39 is 9.84 Å². The fourth-order valence-electron chi connectivity index (χ4n) is 2.06. The molecule has 1 aromatic heterocycles. The average Bonchev–Trinajstić information content (AvgIpc) is 2.27. The fraction of sp³-hybridized carbons (Fsp3) is 0.500. The molecular weight excluding hydrogens is 266 g/mol. The summed E-state index contributed by atoms with van der Waals surface area (Å²) in [5.41, 5.74) is 1.49. The van der Waals surface area contributed by atoms with Crippen molar-refractivity contribution in [2.75, 3.05) is 23.4 Å². The van der Waals surface area contributed by atoms with Crippen molar-refractivity contribution in [3.8, 4) is 0 Å². The van der Waals surface area contributed by atoms with Gasteiger partial charge in [0.15, 0.2) is 9.84 Å². The third-order valence-electron chi connectivity index (χ3n) is 2.91. The van der Waals surface area contributed by atoms with Gasteiger partial charge in [-0.05, 0) is 19.1 Å². The number of hydrogen-bond donors (Lipinski definition) is 2. The monoisotopic (exact) mass is 283 g/mol. The molecule has 2 rings (SSSR count). The summed E-state index contributed by atoms with van der Waals surface area (Å²) in [6.45, 7) is 2.25. The molecule has 1 saturated heterocycles. The molecule has 1 aliphatic rings. The summed E-state index contributed by atoms with van der Waals surface area (Å²) in [6, 6.07) is 3.17. The van der Waals surface area contributed by atoms with Crippen molar-refractivity contribution < 1.29 is 13.2 Å². The Bertz CT molecular complexity index is 571. The number of nitrogens with zero attached hydrogens (tertiary/aromatic N) is 1. The van der Waals surface area contributed by atoms with Crippen LogP contribution in [0.5, 0.6) is 0 Å². The lowest BCUT2D eigenvalue weighted by Gasteiger charge is -2.23. The van der Waals surface area contributed by atoms with Crippen LogP contribution in [0, 0.1) is 6.92 Å². The molecule has 0 bridgehead atoms. The lowest BCUT2D eigenvalue weighted by molar-refractivity contribution is -0.116. The van der Waals surface area contributed by atoms with E-state index in [0.29, 0.717) is 12.2 Å². The minimum absolute atomic E-state index is 0.0236. The summed E-state index contributed by atoms with van der Waals surface area (Å²) in [7, 11) is -3.01. The second kappa shape index (κ2) is 5.66. The molecule has 7 heteroatoms. The molecule has 0 spiro atoms. The maximum Gasteiger partial charge on any atom is 0.225 e. The molecule has 104 valence electrons. The lowest BCUT2D eigenvalue weighted by Crippen LogP contribution is -2.46. The molecule has 0 aromatic carbocycles. The molecule has 19 heavy (non-hydrogen) atoms. The van der Waals surface area contributed by atoms with Crippen LogP contribution < -0.4 is 10.6 Å². The highest BCUT2D eigenvalue weighted by atomic mass is 32.2. The lowest BCUT2D eigenvalue weighted by atomic mass is 10.2. The van der Waals surface area contributed by atoms with Crippen LogP contribution in [0.4, 0.5) is 5.69 Å². The first-order valence-corrected chi connectivity index (χ1v) is 7.93. The number of aromatic nitrogens is 1. The maximum absolute atomic E-state index is 11.8. The Morgan fingerprint density at radius 1 is 1.58 bits per heavy atom. The quantitative estimate of drug-likeness (QED) is 0.821. The molecule has 1 amide bonds. The van der Waals surface area contributed by atoms with Crippen LogP contribution >= 0.6 is 0 Å². The van der Waals surface area contributed by atoms with Crippen LogP contribution in [0.2, 0.25) is 0 Å². The third-order valence-corrected chi connectivity index (χ3v) is 4.65. The van der Waals surface area contributed by atoms with Gasteiger partial charge in [0.2, 0.25) is 5.91 Å². The van der Waals surface area contributed by atoms with Gasteiger partial charge in [-0.15, -0.1) is 0 Å². The number of amides is 1. The van der Waals surface area contributed by atoms with E-state index in [4.69, 9.17) is 0 Å².